The molecule has 0 aliphatic heterocycles. The lowest BCUT2D eigenvalue weighted by molar-refractivity contribution is -0.137. The van der Waals surface area contributed by atoms with Crippen molar-refractivity contribution in [3.8, 4) is 11.5 Å². The predicted octanol–water partition coefficient (Wildman–Crippen LogP) is 2.37. The van der Waals surface area contributed by atoms with Crippen LogP contribution < -0.4 is 0 Å². The number of phenols is 2. The van der Waals surface area contributed by atoms with Crippen molar-refractivity contribution < 1.29 is 20.1 Å². The Hall–Kier alpha value is -1.23. The van der Waals surface area contributed by atoms with Crippen molar-refractivity contribution in [2.45, 2.75) is 24.7 Å². The second kappa shape index (κ2) is 3.66. The summed E-state index contributed by atoms with van der Waals surface area (Å²) < 4.78 is 0.634. The van der Waals surface area contributed by atoms with Crippen molar-refractivity contribution in [3.05, 3.63) is 22.2 Å². The topological polar surface area (TPSA) is 77.8 Å². The lowest BCUT2D eigenvalue weighted by Gasteiger charge is -2.16. The maximum Gasteiger partial charge on any atom is 0.304 e. The summed E-state index contributed by atoms with van der Waals surface area (Å²) in [4.78, 5) is 10.8. The normalized spacial score (nSPS) is 17.1. The van der Waals surface area contributed by atoms with Crippen LogP contribution in [-0.2, 0) is 10.2 Å². The van der Waals surface area contributed by atoms with E-state index in [1.807, 2.05) is 0 Å². The van der Waals surface area contributed by atoms with E-state index in [2.05, 4.69) is 15.9 Å². The molecule has 0 heterocycles. The second-order valence-corrected chi connectivity index (χ2v) is 5.09. The lowest BCUT2D eigenvalue weighted by atomic mass is 9.91. The molecule has 1 aliphatic carbocycles. The van der Waals surface area contributed by atoms with Gasteiger partial charge in [-0.3, -0.25) is 4.79 Å². The minimum atomic E-state index is -0.892. The summed E-state index contributed by atoms with van der Waals surface area (Å²) in [5.74, 6) is -1.32. The van der Waals surface area contributed by atoms with E-state index in [9.17, 15) is 15.0 Å². The highest BCUT2D eigenvalue weighted by Crippen LogP contribution is 2.55. The summed E-state index contributed by atoms with van der Waals surface area (Å²) >= 11 is 3.22. The molecule has 3 N–H and O–H groups in total. The van der Waals surface area contributed by atoms with Crippen LogP contribution in [0, 0.1) is 0 Å². The highest BCUT2D eigenvalue weighted by molar-refractivity contribution is 9.10. The highest BCUT2D eigenvalue weighted by Gasteiger charge is 2.48. The molecule has 1 aliphatic rings. The van der Waals surface area contributed by atoms with Crippen LogP contribution in [0.15, 0.2) is 16.6 Å². The number of aliphatic carboxylic acids is 1. The molecular formula is C11H11BrO4. The van der Waals surface area contributed by atoms with Gasteiger partial charge >= 0.3 is 5.97 Å². The Morgan fingerprint density at radius 1 is 1.38 bits per heavy atom. The van der Waals surface area contributed by atoms with Gasteiger partial charge in [0.2, 0.25) is 0 Å². The van der Waals surface area contributed by atoms with Gasteiger partial charge in [0.15, 0.2) is 11.5 Å². The van der Waals surface area contributed by atoms with Gasteiger partial charge in [-0.15, -0.1) is 0 Å². The molecule has 2 rings (SSSR count). The van der Waals surface area contributed by atoms with Crippen LogP contribution in [0.25, 0.3) is 0 Å². The first kappa shape index (κ1) is 11.3. The molecule has 1 saturated carbocycles. The first-order chi connectivity index (χ1) is 7.44. The third-order valence-electron chi connectivity index (χ3n) is 2.97. The molecule has 86 valence electrons. The molecule has 1 fully saturated rings. The second-order valence-electron chi connectivity index (χ2n) is 4.17. The monoisotopic (exact) mass is 286 g/mol. The summed E-state index contributed by atoms with van der Waals surface area (Å²) in [5.41, 5.74) is 0.0127. The molecule has 0 radical (unpaired) electrons. The molecule has 1 aromatic carbocycles. The fraction of sp³-hybridized carbons (Fsp3) is 0.364. The number of halogens is 1. The van der Waals surface area contributed by atoms with E-state index in [0.29, 0.717) is 10.0 Å². The molecule has 5 heteroatoms. The number of carboxylic acids is 1. The molecule has 0 spiro atoms. The van der Waals surface area contributed by atoms with E-state index in [1.165, 1.54) is 6.07 Å². The number of rotatable bonds is 3. The number of benzene rings is 1. The Balaban J connectivity index is 2.44. The highest BCUT2D eigenvalue weighted by atomic mass is 79.9. The third kappa shape index (κ3) is 1.87. The zero-order chi connectivity index (χ0) is 11.9. The molecule has 16 heavy (non-hydrogen) atoms. The van der Waals surface area contributed by atoms with Crippen LogP contribution in [0.3, 0.4) is 0 Å². The Morgan fingerprint density at radius 2 is 2.00 bits per heavy atom. The smallest absolute Gasteiger partial charge is 0.304 e. The van der Waals surface area contributed by atoms with Crippen LogP contribution in [0.5, 0.6) is 11.5 Å². The number of carbonyl (C=O) groups is 1. The van der Waals surface area contributed by atoms with Crippen LogP contribution in [0.2, 0.25) is 0 Å². The molecule has 0 amide bonds. The quantitative estimate of drug-likeness (QED) is 0.746. The number of aromatic hydroxyl groups is 2. The van der Waals surface area contributed by atoms with Gasteiger partial charge in [-0.1, -0.05) is 15.9 Å². The Labute approximate surface area is 101 Å². The summed E-state index contributed by atoms with van der Waals surface area (Å²) in [6.45, 7) is 0. The van der Waals surface area contributed by atoms with Gasteiger partial charge in [0.1, 0.15) is 0 Å². The van der Waals surface area contributed by atoms with E-state index in [4.69, 9.17) is 5.11 Å². The molecular weight excluding hydrogens is 276 g/mol. The average molecular weight is 287 g/mol. The zero-order valence-corrected chi connectivity index (χ0v) is 9.99. The van der Waals surface area contributed by atoms with Crippen molar-refractivity contribution in [1.82, 2.24) is 0 Å². The third-order valence-corrected chi connectivity index (χ3v) is 3.43. The number of hydrogen-bond acceptors (Lipinski definition) is 3. The summed E-state index contributed by atoms with van der Waals surface area (Å²) in [7, 11) is 0. The zero-order valence-electron chi connectivity index (χ0n) is 8.40. The summed E-state index contributed by atoms with van der Waals surface area (Å²) in [6.07, 6.45) is 1.43. The lowest BCUT2D eigenvalue weighted by Crippen LogP contribution is -2.13. The van der Waals surface area contributed by atoms with E-state index in [0.717, 1.165) is 12.8 Å². The van der Waals surface area contributed by atoms with E-state index >= 15 is 0 Å². The first-order valence-electron chi connectivity index (χ1n) is 4.88. The minimum Gasteiger partial charge on any atom is -0.504 e. The molecule has 0 saturated heterocycles. The van der Waals surface area contributed by atoms with Gasteiger partial charge in [0.05, 0.1) is 6.42 Å². The van der Waals surface area contributed by atoms with E-state index in [1.54, 1.807) is 6.07 Å². The van der Waals surface area contributed by atoms with Crippen LogP contribution in [0.4, 0.5) is 0 Å². The van der Waals surface area contributed by atoms with Crippen molar-refractivity contribution >= 4 is 21.9 Å². The van der Waals surface area contributed by atoms with Crippen LogP contribution in [-0.4, -0.2) is 21.3 Å². The molecule has 0 atom stereocenters. The molecule has 0 unspecified atom stereocenters. The average Bonchev–Trinajstić information content (AvgIpc) is 2.91. The first-order valence-corrected chi connectivity index (χ1v) is 5.68. The van der Waals surface area contributed by atoms with Gasteiger partial charge < -0.3 is 15.3 Å². The van der Waals surface area contributed by atoms with Crippen LogP contribution >= 0.6 is 15.9 Å². The molecule has 0 bridgehead atoms. The molecule has 4 nitrogen and oxygen atoms in total. The van der Waals surface area contributed by atoms with E-state index in [-0.39, 0.29) is 17.9 Å². The number of phenolic OH excluding ortho intramolecular Hbond substituents is 2. The predicted molar refractivity (Wildman–Crippen MR) is 60.6 cm³/mol. The molecule has 1 aromatic rings. The van der Waals surface area contributed by atoms with Crippen molar-refractivity contribution in [3.63, 3.8) is 0 Å². The van der Waals surface area contributed by atoms with Gasteiger partial charge in [0, 0.05) is 15.5 Å². The summed E-state index contributed by atoms with van der Waals surface area (Å²) in [5, 5.41) is 28.0. The molecule has 0 aromatic heterocycles. The standard InChI is InChI=1S/C11H11BrO4/c12-6-3-7(10(16)8(13)4-6)11(1-2-11)5-9(14)15/h3-4,13,16H,1-2,5H2,(H,14,15). The largest absolute Gasteiger partial charge is 0.504 e. The Bertz CT molecular complexity index is 452. The number of hydrogen-bond donors (Lipinski definition) is 3. The number of carboxylic acid groups (broad SMARTS) is 1. The fourth-order valence-electron chi connectivity index (χ4n) is 1.97. The van der Waals surface area contributed by atoms with Crippen molar-refractivity contribution in [2.24, 2.45) is 0 Å². The van der Waals surface area contributed by atoms with Gasteiger partial charge in [-0.2, -0.15) is 0 Å². The van der Waals surface area contributed by atoms with Gasteiger partial charge in [-0.25, -0.2) is 0 Å². The van der Waals surface area contributed by atoms with Crippen molar-refractivity contribution in [2.75, 3.05) is 0 Å². The Morgan fingerprint density at radius 3 is 2.50 bits per heavy atom. The fourth-order valence-corrected chi connectivity index (χ4v) is 2.42. The van der Waals surface area contributed by atoms with Gasteiger partial charge in [-0.05, 0) is 25.0 Å². The maximum atomic E-state index is 10.8. The SMILES string of the molecule is O=C(O)CC1(c2cc(Br)cc(O)c2O)CC1. The van der Waals surface area contributed by atoms with Crippen LogP contribution in [0.1, 0.15) is 24.8 Å². The minimum absolute atomic E-state index is 0.0174. The van der Waals surface area contributed by atoms with Gasteiger partial charge in [0.25, 0.3) is 0 Å². The Kier molecular flexibility index (Phi) is 2.58. The summed E-state index contributed by atoms with van der Waals surface area (Å²) in [6, 6.07) is 3.06. The van der Waals surface area contributed by atoms with Crippen molar-refractivity contribution in [1.29, 1.82) is 0 Å². The van der Waals surface area contributed by atoms with E-state index < -0.39 is 11.4 Å². The maximum absolute atomic E-state index is 10.8.